The summed E-state index contributed by atoms with van der Waals surface area (Å²) in [5.41, 5.74) is 0.616. The van der Waals surface area contributed by atoms with Crippen LogP contribution in [0.3, 0.4) is 0 Å². The molecule has 0 unspecified atom stereocenters. The quantitative estimate of drug-likeness (QED) is 0.733. The summed E-state index contributed by atoms with van der Waals surface area (Å²) in [4.78, 5) is 32.7. The summed E-state index contributed by atoms with van der Waals surface area (Å²) in [5, 5.41) is 0. The van der Waals surface area contributed by atoms with E-state index < -0.39 is 0 Å². The van der Waals surface area contributed by atoms with Gasteiger partial charge in [-0.2, -0.15) is 0 Å². The van der Waals surface area contributed by atoms with Gasteiger partial charge in [-0.3, -0.25) is 4.79 Å². The molecular weight excluding hydrogens is 392 g/mol. The van der Waals surface area contributed by atoms with E-state index in [0.29, 0.717) is 24.5 Å². The van der Waals surface area contributed by atoms with Crippen LogP contribution in [-0.2, 0) is 0 Å². The maximum Gasteiger partial charge on any atom is 0.255 e. The highest BCUT2D eigenvalue weighted by molar-refractivity contribution is 5.94. The topological polar surface area (TPSA) is 74.7 Å². The number of nitrogens with zero attached hydrogens (tertiary/aromatic N) is 6. The number of ether oxygens (including phenoxy) is 1. The van der Waals surface area contributed by atoms with Crippen molar-refractivity contribution in [2.45, 2.75) is 44.6 Å². The first-order valence-corrected chi connectivity index (χ1v) is 11.5. The van der Waals surface area contributed by atoms with Gasteiger partial charge in [-0.05, 0) is 44.6 Å². The molecular formula is C23H30N6O2. The number of carbonyl (C=O) groups excluding carboxylic acids is 1. The zero-order chi connectivity index (χ0) is 21.0. The van der Waals surface area contributed by atoms with Crippen LogP contribution in [0.4, 0.5) is 11.6 Å². The summed E-state index contributed by atoms with van der Waals surface area (Å²) >= 11 is 0. The second-order valence-corrected chi connectivity index (χ2v) is 8.62. The van der Waals surface area contributed by atoms with E-state index in [4.69, 9.17) is 4.74 Å². The van der Waals surface area contributed by atoms with Crippen molar-refractivity contribution in [3.63, 3.8) is 0 Å². The fourth-order valence-corrected chi connectivity index (χ4v) is 4.70. The molecule has 0 aromatic carbocycles. The van der Waals surface area contributed by atoms with Crippen molar-refractivity contribution in [2.24, 2.45) is 0 Å². The van der Waals surface area contributed by atoms with Crippen molar-refractivity contribution < 1.29 is 9.53 Å². The summed E-state index contributed by atoms with van der Waals surface area (Å²) in [5.74, 6) is 2.59. The van der Waals surface area contributed by atoms with Gasteiger partial charge >= 0.3 is 0 Å². The van der Waals surface area contributed by atoms with Crippen LogP contribution < -0.4 is 14.5 Å². The Morgan fingerprint density at radius 3 is 2.16 bits per heavy atom. The monoisotopic (exact) mass is 422 g/mol. The number of hydrogen-bond donors (Lipinski definition) is 0. The maximum absolute atomic E-state index is 12.9. The van der Waals surface area contributed by atoms with Crippen LogP contribution in [0.2, 0.25) is 0 Å². The molecule has 2 aromatic rings. The molecule has 0 spiro atoms. The average Bonchev–Trinajstić information content (AvgIpc) is 3.54. The van der Waals surface area contributed by atoms with Crippen LogP contribution in [0.5, 0.6) is 5.88 Å². The van der Waals surface area contributed by atoms with Gasteiger partial charge in [-0.25, -0.2) is 15.0 Å². The molecule has 1 amide bonds. The molecule has 0 atom stereocenters. The Hall–Kier alpha value is -2.90. The van der Waals surface area contributed by atoms with Gasteiger partial charge in [0, 0.05) is 57.6 Å². The van der Waals surface area contributed by atoms with E-state index >= 15 is 0 Å². The lowest BCUT2D eigenvalue weighted by Gasteiger charge is -2.35. The predicted molar refractivity (Wildman–Crippen MR) is 119 cm³/mol. The lowest BCUT2D eigenvalue weighted by Crippen LogP contribution is -2.49. The Labute approximate surface area is 183 Å². The first kappa shape index (κ1) is 20.0. The number of pyridine rings is 1. The summed E-state index contributed by atoms with van der Waals surface area (Å²) in [6.45, 7) is 5.00. The van der Waals surface area contributed by atoms with E-state index in [1.165, 1.54) is 25.7 Å². The van der Waals surface area contributed by atoms with Gasteiger partial charge < -0.3 is 19.4 Å². The molecule has 5 rings (SSSR count). The highest BCUT2D eigenvalue weighted by Crippen LogP contribution is 2.24. The minimum absolute atomic E-state index is 0.0278. The molecule has 164 valence electrons. The van der Waals surface area contributed by atoms with E-state index in [0.717, 1.165) is 50.7 Å². The lowest BCUT2D eigenvalue weighted by atomic mass is 10.2. The number of rotatable bonds is 5. The number of piperazine rings is 1. The van der Waals surface area contributed by atoms with Gasteiger partial charge in [0.1, 0.15) is 24.1 Å². The fraction of sp³-hybridized carbons (Fsp3) is 0.565. The maximum atomic E-state index is 12.9. The number of amides is 1. The molecule has 2 aliphatic heterocycles. The molecule has 1 aliphatic carbocycles. The van der Waals surface area contributed by atoms with Gasteiger partial charge in [0.05, 0.1) is 5.56 Å². The Morgan fingerprint density at radius 2 is 1.52 bits per heavy atom. The highest BCUT2D eigenvalue weighted by Gasteiger charge is 2.24. The van der Waals surface area contributed by atoms with Crippen LogP contribution in [0.25, 0.3) is 0 Å². The summed E-state index contributed by atoms with van der Waals surface area (Å²) in [6.07, 6.45) is 10.7. The summed E-state index contributed by atoms with van der Waals surface area (Å²) in [7, 11) is 0. The third kappa shape index (κ3) is 4.57. The molecule has 0 bridgehead atoms. The van der Waals surface area contributed by atoms with Gasteiger partial charge in [0.25, 0.3) is 5.91 Å². The lowest BCUT2D eigenvalue weighted by molar-refractivity contribution is 0.0746. The van der Waals surface area contributed by atoms with Crippen LogP contribution in [-0.4, -0.2) is 71.1 Å². The third-order valence-electron chi connectivity index (χ3n) is 6.53. The molecule has 0 radical (unpaired) electrons. The highest BCUT2D eigenvalue weighted by atomic mass is 16.5. The SMILES string of the molecule is O=C(c1ccc(OC2CCCC2)nc1)N1CCN(c2cc(N3CCCC3)ncn2)CC1. The van der Waals surface area contributed by atoms with E-state index in [-0.39, 0.29) is 12.0 Å². The molecule has 4 heterocycles. The Balaban J connectivity index is 1.16. The molecule has 0 N–H and O–H groups in total. The minimum atomic E-state index is 0.0278. The van der Waals surface area contributed by atoms with Gasteiger partial charge in [-0.1, -0.05) is 0 Å². The van der Waals surface area contributed by atoms with Crippen molar-refractivity contribution in [3.05, 3.63) is 36.3 Å². The van der Waals surface area contributed by atoms with Crippen molar-refractivity contribution in [3.8, 4) is 5.88 Å². The number of aromatic nitrogens is 3. The predicted octanol–water partition coefficient (Wildman–Crippen LogP) is 2.76. The summed E-state index contributed by atoms with van der Waals surface area (Å²) < 4.78 is 5.91. The van der Waals surface area contributed by atoms with Crippen LogP contribution in [0, 0.1) is 0 Å². The largest absolute Gasteiger partial charge is 0.474 e. The number of hydrogen-bond acceptors (Lipinski definition) is 7. The smallest absolute Gasteiger partial charge is 0.255 e. The third-order valence-corrected chi connectivity index (χ3v) is 6.53. The van der Waals surface area contributed by atoms with Gasteiger partial charge in [-0.15, -0.1) is 0 Å². The van der Waals surface area contributed by atoms with Crippen molar-refractivity contribution in [2.75, 3.05) is 49.1 Å². The van der Waals surface area contributed by atoms with Gasteiger partial charge in [0.2, 0.25) is 5.88 Å². The molecule has 3 aliphatic rings. The van der Waals surface area contributed by atoms with Crippen LogP contribution >= 0.6 is 0 Å². The molecule has 2 saturated heterocycles. The second kappa shape index (κ2) is 9.08. The number of anilines is 2. The van der Waals surface area contributed by atoms with Crippen LogP contribution in [0.1, 0.15) is 48.9 Å². The standard InChI is InChI=1S/C23H30N6O2/c30-23(18-7-8-22(24-16-18)31-19-5-1-2-6-19)29-13-11-28(12-14-29)21-15-20(25-17-26-21)27-9-3-4-10-27/h7-8,15-17,19H,1-6,9-14H2. The molecule has 1 saturated carbocycles. The molecule has 3 fully saturated rings. The summed E-state index contributed by atoms with van der Waals surface area (Å²) in [6, 6.07) is 5.73. The van der Waals surface area contributed by atoms with E-state index in [9.17, 15) is 4.79 Å². The Morgan fingerprint density at radius 1 is 0.839 bits per heavy atom. The molecule has 2 aromatic heterocycles. The zero-order valence-electron chi connectivity index (χ0n) is 17.9. The fourth-order valence-electron chi connectivity index (χ4n) is 4.70. The van der Waals surface area contributed by atoms with E-state index in [1.807, 2.05) is 17.0 Å². The van der Waals surface area contributed by atoms with Crippen molar-refractivity contribution >= 4 is 17.5 Å². The minimum Gasteiger partial charge on any atom is -0.474 e. The van der Waals surface area contributed by atoms with E-state index in [2.05, 4.69) is 30.8 Å². The number of carbonyl (C=O) groups is 1. The van der Waals surface area contributed by atoms with E-state index in [1.54, 1.807) is 12.5 Å². The molecule has 8 heteroatoms. The Bertz CT molecular complexity index is 885. The zero-order valence-corrected chi connectivity index (χ0v) is 17.9. The van der Waals surface area contributed by atoms with Crippen molar-refractivity contribution in [1.29, 1.82) is 0 Å². The second-order valence-electron chi connectivity index (χ2n) is 8.62. The normalized spacial score (nSPS) is 19.8. The van der Waals surface area contributed by atoms with Crippen LogP contribution in [0.15, 0.2) is 30.7 Å². The van der Waals surface area contributed by atoms with Crippen molar-refractivity contribution in [1.82, 2.24) is 19.9 Å². The first-order valence-electron chi connectivity index (χ1n) is 11.5. The Kier molecular flexibility index (Phi) is 5.86. The average molecular weight is 423 g/mol. The molecule has 8 nitrogen and oxygen atoms in total. The first-order chi connectivity index (χ1) is 15.3. The molecule has 31 heavy (non-hydrogen) atoms. The van der Waals surface area contributed by atoms with Gasteiger partial charge in [0.15, 0.2) is 0 Å².